The van der Waals surface area contributed by atoms with E-state index in [0.717, 1.165) is 16.6 Å². The molecule has 0 bridgehead atoms. The van der Waals surface area contributed by atoms with Crippen molar-refractivity contribution >= 4 is 17.4 Å². The van der Waals surface area contributed by atoms with E-state index in [1.54, 1.807) is 0 Å². The summed E-state index contributed by atoms with van der Waals surface area (Å²) in [6, 6.07) is 8.65. The molecule has 124 valence electrons. The number of nitrogens with zero attached hydrogens (tertiary/aromatic N) is 1. The average molecular weight is 326 g/mol. The number of carbonyl (C=O) groups excluding carboxylic acids is 1. The van der Waals surface area contributed by atoms with Crippen LogP contribution in [0.25, 0.3) is 22.4 Å². The molecule has 3 rings (SSSR count). The second-order valence-corrected chi connectivity index (χ2v) is 6.32. The zero-order valence-corrected chi connectivity index (χ0v) is 13.4. The van der Waals surface area contributed by atoms with Gasteiger partial charge in [0.1, 0.15) is 5.82 Å². The van der Waals surface area contributed by atoms with Gasteiger partial charge in [-0.15, -0.1) is 0 Å². The SMILES string of the molecule is CC(C)(CNC=O)c1ccc2nc(-c3cc(O)[nH]c(=O)c3)[nH]c2c1. The quantitative estimate of drug-likeness (QED) is 0.534. The lowest BCUT2D eigenvalue weighted by atomic mass is 9.84. The Labute approximate surface area is 137 Å². The summed E-state index contributed by atoms with van der Waals surface area (Å²) in [7, 11) is 0. The third-order valence-electron chi connectivity index (χ3n) is 3.99. The first-order valence-corrected chi connectivity index (χ1v) is 7.50. The third kappa shape index (κ3) is 3.01. The summed E-state index contributed by atoms with van der Waals surface area (Å²) in [6.45, 7) is 4.60. The van der Waals surface area contributed by atoms with Gasteiger partial charge in [0, 0.05) is 29.7 Å². The lowest BCUT2D eigenvalue weighted by molar-refractivity contribution is -0.109. The van der Waals surface area contributed by atoms with Crippen LogP contribution < -0.4 is 10.9 Å². The highest BCUT2D eigenvalue weighted by Crippen LogP contribution is 2.27. The molecule has 3 aromatic rings. The van der Waals surface area contributed by atoms with Gasteiger partial charge in [0.25, 0.3) is 5.56 Å². The van der Waals surface area contributed by atoms with Gasteiger partial charge in [0.2, 0.25) is 6.41 Å². The zero-order valence-electron chi connectivity index (χ0n) is 13.4. The van der Waals surface area contributed by atoms with E-state index in [1.165, 1.54) is 12.1 Å². The Morgan fingerprint density at radius 1 is 1.25 bits per heavy atom. The molecule has 0 radical (unpaired) electrons. The second-order valence-electron chi connectivity index (χ2n) is 6.32. The Hall–Kier alpha value is -3.09. The van der Waals surface area contributed by atoms with Crippen LogP contribution in [-0.4, -0.2) is 33.0 Å². The van der Waals surface area contributed by atoms with Crippen molar-refractivity contribution in [2.75, 3.05) is 6.54 Å². The third-order valence-corrected chi connectivity index (χ3v) is 3.99. The van der Waals surface area contributed by atoms with Gasteiger partial charge < -0.3 is 15.4 Å². The molecule has 7 heteroatoms. The highest BCUT2D eigenvalue weighted by atomic mass is 16.3. The molecule has 24 heavy (non-hydrogen) atoms. The minimum atomic E-state index is -0.396. The summed E-state index contributed by atoms with van der Waals surface area (Å²) >= 11 is 0. The van der Waals surface area contributed by atoms with Crippen LogP contribution in [0, 0.1) is 0 Å². The number of imidazole rings is 1. The van der Waals surface area contributed by atoms with E-state index in [1.807, 2.05) is 32.0 Å². The van der Waals surface area contributed by atoms with Crippen molar-refractivity contribution in [1.82, 2.24) is 20.3 Å². The van der Waals surface area contributed by atoms with Crippen LogP contribution in [-0.2, 0) is 10.2 Å². The predicted molar refractivity (Wildman–Crippen MR) is 90.9 cm³/mol. The summed E-state index contributed by atoms with van der Waals surface area (Å²) < 4.78 is 0. The van der Waals surface area contributed by atoms with E-state index in [0.29, 0.717) is 24.3 Å². The van der Waals surface area contributed by atoms with E-state index in [2.05, 4.69) is 20.3 Å². The number of fused-ring (bicyclic) bond motifs is 1. The predicted octanol–water partition coefficient (Wildman–Crippen LogP) is 1.65. The number of benzene rings is 1. The molecular weight excluding hydrogens is 308 g/mol. The first kappa shape index (κ1) is 15.8. The van der Waals surface area contributed by atoms with Crippen LogP contribution >= 0.6 is 0 Å². The minimum Gasteiger partial charge on any atom is -0.494 e. The number of rotatable bonds is 5. The van der Waals surface area contributed by atoms with Crippen molar-refractivity contribution in [2.45, 2.75) is 19.3 Å². The van der Waals surface area contributed by atoms with Crippen molar-refractivity contribution in [3.63, 3.8) is 0 Å². The number of aromatic hydroxyl groups is 1. The lowest BCUT2D eigenvalue weighted by Crippen LogP contribution is -2.32. The molecule has 0 saturated heterocycles. The van der Waals surface area contributed by atoms with Gasteiger partial charge in [-0.25, -0.2) is 4.98 Å². The summed E-state index contributed by atoms with van der Waals surface area (Å²) in [5, 5.41) is 12.2. The maximum atomic E-state index is 11.5. The van der Waals surface area contributed by atoms with E-state index in [4.69, 9.17) is 0 Å². The molecule has 2 aromatic heterocycles. The highest BCUT2D eigenvalue weighted by molar-refractivity contribution is 5.80. The fourth-order valence-electron chi connectivity index (χ4n) is 2.63. The molecule has 0 aliphatic carbocycles. The van der Waals surface area contributed by atoms with Crippen molar-refractivity contribution in [1.29, 1.82) is 0 Å². The maximum absolute atomic E-state index is 11.5. The molecule has 0 spiro atoms. The number of nitrogens with one attached hydrogen (secondary N) is 3. The second kappa shape index (κ2) is 5.84. The Bertz CT molecular complexity index is 956. The topological polar surface area (TPSA) is 111 Å². The molecule has 0 aliphatic heterocycles. The minimum absolute atomic E-state index is 0.209. The van der Waals surface area contributed by atoms with Crippen molar-refractivity contribution in [2.24, 2.45) is 0 Å². The van der Waals surface area contributed by atoms with E-state index < -0.39 is 5.56 Å². The molecule has 2 heterocycles. The first-order valence-electron chi connectivity index (χ1n) is 7.50. The van der Waals surface area contributed by atoms with Crippen LogP contribution in [0.15, 0.2) is 35.1 Å². The van der Waals surface area contributed by atoms with E-state index in [9.17, 15) is 14.7 Å². The van der Waals surface area contributed by atoms with Crippen molar-refractivity contribution in [3.05, 3.63) is 46.2 Å². The molecule has 1 amide bonds. The van der Waals surface area contributed by atoms with Crippen LogP contribution in [0.3, 0.4) is 0 Å². The van der Waals surface area contributed by atoms with Crippen molar-refractivity contribution < 1.29 is 9.90 Å². The van der Waals surface area contributed by atoms with E-state index >= 15 is 0 Å². The monoisotopic (exact) mass is 326 g/mol. The molecule has 0 saturated carbocycles. The van der Waals surface area contributed by atoms with E-state index in [-0.39, 0.29) is 11.3 Å². The number of hydrogen-bond acceptors (Lipinski definition) is 4. The number of aromatic amines is 2. The van der Waals surface area contributed by atoms with Gasteiger partial charge in [-0.3, -0.25) is 14.6 Å². The molecule has 0 atom stereocenters. The van der Waals surface area contributed by atoms with Crippen LogP contribution in [0.1, 0.15) is 19.4 Å². The molecular formula is C17H18N4O3. The summed E-state index contributed by atoms with van der Waals surface area (Å²) in [6.07, 6.45) is 0.688. The Morgan fingerprint density at radius 3 is 2.75 bits per heavy atom. The Morgan fingerprint density at radius 2 is 2.04 bits per heavy atom. The fraction of sp³-hybridized carbons (Fsp3) is 0.235. The highest BCUT2D eigenvalue weighted by Gasteiger charge is 2.21. The lowest BCUT2D eigenvalue weighted by Gasteiger charge is -2.24. The molecule has 0 unspecified atom stereocenters. The summed E-state index contributed by atoms with van der Waals surface area (Å²) in [5.41, 5.74) is 2.51. The standard InChI is InChI=1S/C17H18N4O3/c1-17(2,8-18-9-22)11-3-4-12-13(7-11)20-16(19-12)10-5-14(23)21-15(24)6-10/h3-7,9H,8H2,1-2H3,(H,18,22)(H,19,20)(H2,21,23,24). The van der Waals surface area contributed by atoms with Gasteiger partial charge >= 0.3 is 0 Å². The number of pyridine rings is 1. The van der Waals surface area contributed by atoms with Crippen LogP contribution in [0.4, 0.5) is 0 Å². The molecule has 7 nitrogen and oxygen atoms in total. The number of H-pyrrole nitrogens is 2. The zero-order chi connectivity index (χ0) is 17.3. The molecule has 0 aliphatic rings. The fourth-order valence-corrected chi connectivity index (χ4v) is 2.63. The summed E-state index contributed by atoms with van der Waals surface area (Å²) in [5.74, 6) is 0.298. The number of aromatic nitrogens is 3. The smallest absolute Gasteiger partial charge is 0.251 e. The largest absolute Gasteiger partial charge is 0.494 e. The maximum Gasteiger partial charge on any atom is 0.251 e. The first-order chi connectivity index (χ1) is 11.4. The molecule has 4 N–H and O–H groups in total. The molecule has 1 aromatic carbocycles. The Balaban J connectivity index is 2.03. The van der Waals surface area contributed by atoms with Crippen molar-refractivity contribution in [3.8, 4) is 17.3 Å². The van der Waals surface area contributed by atoms with Gasteiger partial charge in [-0.1, -0.05) is 19.9 Å². The van der Waals surface area contributed by atoms with Gasteiger partial charge in [0.15, 0.2) is 5.88 Å². The van der Waals surface area contributed by atoms with Gasteiger partial charge in [0.05, 0.1) is 11.0 Å². The van der Waals surface area contributed by atoms with Gasteiger partial charge in [-0.2, -0.15) is 0 Å². The number of hydrogen-bond donors (Lipinski definition) is 4. The van der Waals surface area contributed by atoms with Gasteiger partial charge in [-0.05, 0) is 17.7 Å². The summed E-state index contributed by atoms with van der Waals surface area (Å²) in [4.78, 5) is 31.9. The average Bonchev–Trinajstić information content (AvgIpc) is 2.95. The van der Waals surface area contributed by atoms with Crippen LogP contribution in [0.2, 0.25) is 0 Å². The number of carbonyl (C=O) groups is 1. The number of amides is 1. The normalized spacial score (nSPS) is 11.6. The molecule has 0 fully saturated rings. The Kier molecular flexibility index (Phi) is 3.84. The van der Waals surface area contributed by atoms with Crippen LogP contribution in [0.5, 0.6) is 5.88 Å².